The van der Waals surface area contributed by atoms with Crippen molar-refractivity contribution in [2.24, 2.45) is 0 Å². The van der Waals surface area contributed by atoms with E-state index in [0.717, 1.165) is 10.9 Å². The summed E-state index contributed by atoms with van der Waals surface area (Å²) in [6.07, 6.45) is 1.72. The molecule has 0 radical (unpaired) electrons. The van der Waals surface area contributed by atoms with Gasteiger partial charge in [-0.1, -0.05) is 0 Å². The fourth-order valence-corrected chi connectivity index (χ4v) is 2.00. The number of carbonyl (C=O) groups is 1. The van der Waals surface area contributed by atoms with Gasteiger partial charge in [-0.3, -0.25) is 4.79 Å². The molecule has 2 aromatic rings. The average molecular weight is 232 g/mol. The molecule has 1 aromatic carbocycles. The summed E-state index contributed by atoms with van der Waals surface area (Å²) in [5, 5.41) is 3.72. The monoisotopic (exact) mass is 232 g/mol. The molecule has 0 fully saturated rings. The van der Waals surface area contributed by atoms with Crippen LogP contribution in [0.3, 0.4) is 0 Å². The Morgan fingerprint density at radius 1 is 1.41 bits per heavy atom. The molecule has 0 saturated carbocycles. The third-order valence-electron chi connectivity index (χ3n) is 2.81. The number of ketones is 1. The molecule has 1 aliphatic heterocycles. The normalized spacial score (nSPS) is 13.2. The number of hydrogen-bond acceptors (Lipinski definition) is 4. The quantitative estimate of drug-likeness (QED) is 0.783. The van der Waals surface area contributed by atoms with Crippen LogP contribution in [-0.2, 0) is 0 Å². The van der Waals surface area contributed by atoms with Crippen LogP contribution in [0.2, 0.25) is 0 Å². The molecular formula is C12H12N2O3. The summed E-state index contributed by atoms with van der Waals surface area (Å²) < 4.78 is 10.6. The van der Waals surface area contributed by atoms with E-state index < -0.39 is 0 Å². The molecule has 88 valence electrons. The van der Waals surface area contributed by atoms with Gasteiger partial charge in [0.1, 0.15) is 0 Å². The molecule has 2 N–H and O–H groups in total. The van der Waals surface area contributed by atoms with E-state index in [1.54, 1.807) is 13.2 Å². The Morgan fingerprint density at radius 3 is 2.94 bits per heavy atom. The van der Waals surface area contributed by atoms with Gasteiger partial charge in [-0.25, -0.2) is 0 Å². The molecule has 1 aliphatic rings. The van der Waals surface area contributed by atoms with Crippen LogP contribution in [-0.4, -0.2) is 31.2 Å². The summed E-state index contributed by atoms with van der Waals surface area (Å²) in [5.74, 6) is 1.46. The SMILES string of the molecule is CNCC(=O)c1c[nH]c2cc3c(cc12)OCO3. The van der Waals surface area contributed by atoms with Gasteiger partial charge in [-0.05, 0) is 13.1 Å². The molecule has 0 spiro atoms. The summed E-state index contributed by atoms with van der Waals surface area (Å²) in [6, 6.07) is 3.70. The van der Waals surface area contributed by atoms with E-state index in [2.05, 4.69) is 10.3 Å². The second-order valence-corrected chi connectivity index (χ2v) is 3.91. The van der Waals surface area contributed by atoms with Crippen molar-refractivity contribution in [3.05, 3.63) is 23.9 Å². The molecule has 0 unspecified atom stereocenters. The van der Waals surface area contributed by atoms with Gasteiger partial charge in [-0.2, -0.15) is 0 Å². The van der Waals surface area contributed by atoms with Crippen molar-refractivity contribution in [2.45, 2.75) is 0 Å². The zero-order chi connectivity index (χ0) is 11.8. The highest BCUT2D eigenvalue weighted by Crippen LogP contribution is 2.36. The first-order chi connectivity index (χ1) is 8.29. The Bertz CT molecular complexity index is 589. The van der Waals surface area contributed by atoms with E-state index in [4.69, 9.17) is 9.47 Å². The van der Waals surface area contributed by atoms with Gasteiger partial charge in [0.05, 0.1) is 12.1 Å². The highest BCUT2D eigenvalue weighted by Gasteiger charge is 2.18. The zero-order valence-corrected chi connectivity index (χ0v) is 9.37. The lowest BCUT2D eigenvalue weighted by Crippen LogP contribution is -2.18. The largest absolute Gasteiger partial charge is 0.454 e. The van der Waals surface area contributed by atoms with Crippen molar-refractivity contribution >= 4 is 16.7 Å². The maximum atomic E-state index is 11.9. The molecule has 5 nitrogen and oxygen atoms in total. The number of ether oxygens (including phenoxy) is 2. The lowest BCUT2D eigenvalue weighted by molar-refractivity contribution is 0.0995. The molecule has 3 rings (SSSR count). The maximum absolute atomic E-state index is 11.9. The van der Waals surface area contributed by atoms with Crippen LogP contribution < -0.4 is 14.8 Å². The van der Waals surface area contributed by atoms with Crippen LogP contribution in [0, 0.1) is 0 Å². The first kappa shape index (κ1) is 10.2. The zero-order valence-electron chi connectivity index (χ0n) is 9.37. The first-order valence-electron chi connectivity index (χ1n) is 5.38. The van der Waals surface area contributed by atoms with E-state index >= 15 is 0 Å². The second-order valence-electron chi connectivity index (χ2n) is 3.91. The number of hydrogen-bond donors (Lipinski definition) is 2. The molecule has 5 heteroatoms. The van der Waals surface area contributed by atoms with Crippen LogP contribution in [0.15, 0.2) is 18.3 Å². The van der Waals surface area contributed by atoms with Gasteiger partial charge in [-0.15, -0.1) is 0 Å². The summed E-state index contributed by atoms with van der Waals surface area (Å²) in [6.45, 7) is 0.559. The number of likely N-dealkylation sites (N-methyl/N-ethyl adjacent to an activating group) is 1. The predicted octanol–water partition coefficient (Wildman–Crippen LogP) is 1.30. The lowest BCUT2D eigenvalue weighted by Gasteiger charge is -1.99. The molecular weight excluding hydrogens is 220 g/mol. The number of benzene rings is 1. The second kappa shape index (κ2) is 3.78. The van der Waals surface area contributed by atoms with Crippen molar-refractivity contribution < 1.29 is 14.3 Å². The van der Waals surface area contributed by atoms with Crippen molar-refractivity contribution in [1.82, 2.24) is 10.3 Å². The van der Waals surface area contributed by atoms with Gasteiger partial charge in [0.2, 0.25) is 6.79 Å². The molecule has 0 aliphatic carbocycles. The Morgan fingerprint density at radius 2 is 2.18 bits per heavy atom. The third kappa shape index (κ3) is 1.55. The number of fused-ring (bicyclic) bond motifs is 2. The predicted molar refractivity (Wildman–Crippen MR) is 62.7 cm³/mol. The minimum Gasteiger partial charge on any atom is -0.454 e. The highest BCUT2D eigenvalue weighted by molar-refractivity contribution is 6.09. The summed E-state index contributed by atoms with van der Waals surface area (Å²) >= 11 is 0. The number of Topliss-reactive ketones (excluding diaryl/α,β-unsaturated/α-hetero) is 1. The Hall–Kier alpha value is -2.01. The Labute approximate surface area is 97.7 Å². The number of aromatic nitrogens is 1. The molecule has 0 atom stereocenters. The Kier molecular flexibility index (Phi) is 2.26. The average Bonchev–Trinajstić information content (AvgIpc) is 2.91. The Balaban J connectivity index is 2.12. The lowest BCUT2D eigenvalue weighted by atomic mass is 10.1. The van der Waals surface area contributed by atoms with E-state index in [-0.39, 0.29) is 12.6 Å². The van der Waals surface area contributed by atoms with E-state index in [1.165, 1.54) is 0 Å². The number of aromatic amines is 1. The molecule has 0 amide bonds. The molecule has 2 heterocycles. The summed E-state index contributed by atoms with van der Waals surface area (Å²) in [5.41, 5.74) is 1.56. The van der Waals surface area contributed by atoms with Gasteiger partial charge < -0.3 is 19.8 Å². The van der Waals surface area contributed by atoms with Crippen LogP contribution in [0.25, 0.3) is 10.9 Å². The fraction of sp³-hybridized carbons (Fsp3) is 0.250. The van der Waals surface area contributed by atoms with Gasteiger partial charge in [0, 0.05) is 23.2 Å². The standard InChI is InChI=1S/C12H12N2O3/c1-13-5-10(15)8-4-14-9-3-12-11(2-7(8)9)16-6-17-12/h2-4,13-14H,5-6H2,1H3. The minimum atomic E-state index is 0.0533. The third-order valence-corrected chi connectivity index (χ3v) is 2.81. The van der Waals surface area contributed by atoms with Crippen molar-refractivity contribution in [1.29, 1.82) is 0 Å². The molecule has 17 heavy (non-hydrogen) atoms. The highest BCUT2D eigenvalue weighted by atomic mass is 16.7. The van der Waals surface area contributed by atoms with Crippen molar-refractivity contribution in [2.75, 3.05) is 20.4 Å². The topological polar surface area (TPSA) is 63.4 Å². The van der Waals surface area contributed by atoms with Gasteiger partial charge in [0.25, 0.3) is 0 Å². The minimum absolute atomic E-state index is 0.0533. The number of carbonyl (C=O) groups excluding carboxylic acids is 1. The van der Waals surface area contributed by atoms with Crippen LogP contribution in [0.5, 0.6) is 11.5 Å². The summed E-state index contributed by atoms with van der Waals surface area (Å²) in [7, 11) is 1.75. The van der Waals surface area contributed by atoms with Crippen LogP contribution >= 0.6 is 0 Å². The van der Waals surface area contributed by atoms with Gasteiger partial charge in [0.15, 0.2) is 17.3 Å². The van der Waals surface area contributed by atoms with Crippen LogP contribution in [0.4, 0.5) is 0 Å². The number of rotatable bonds is 3. The summed E-state index contributed by atoms with van der Waals surface area (Å²) in [4.78, 5) is 14.9. The number of nitrogens with one attached hydrogen (secondary N) is 2. The maximum Gasteiger partial charge on any atom is 0.231 e. The number of H-pyrrole nitrogens is 1. The first-order valence-corrected chi connectivity index (χ1v) is 5.38. The van der Waals surface area contributed by atoms with E-state index in [1.807, 2.05) is 12.1 Å². The smallest absolute Gasteiger partial charge is 0.231 e. The van der Waals surface area contributed by atoms with Crippen molar-refractivity contribution in [3.63, 3.8) is 0 Å². The molecule has 0 bridgehead atoms. The molecule has 0 saturated heterocycles. The van der Waals surface area contributed by atoms with E-state index in [0.29, 0.717) is 23.6 Å². The van der Waals surface area contributed by atoms with E-state index in [9.17, 15) is 4.79 Å². The van der Waals surface area contributed by atoms with Gasteiger partial charge >= 0.3 is 0 Å². The molecule has 1 aromatic heterocycles. The fourth-order valence-electron chi connectivity index (χ4n) is 2.00. The van der Waals surface area contributed by atoms with Crippen molar-refractivity contribution in [3.8, 4) is 11.5 Å². The van der Waals surface area contributed by atoms with Crippen LogP contribution in [0.1, 0.15) is 10.4 Å².